The Morgan fingerprint density at radius 3 is 2.50 bits per heavy atom. The number of hydrogen-bond acceptors (Lipinski definition) is 4. The number of ether oxygens (including phenoxy) is 1. The van der Waals surface area contributed by atoms with Gasteiger partial charge in [0.15, 0.2) is 5.78 Å². The summed E-state index contributed by atoms with van der Waals surface area (Å²) in [6.45, 7) is 0. The average molecular weight is 170 g/mol. The first kappa shape index (κ1) is 10.6. The van der Waals surface area contributed by atoms with Gasteiger partial charge in [0, 0.05) is 6.42 Å². The van der Waals surface area contributed by atoms with E-state index in [2.05, 4.69) is 4.74 Å². The number of hydrogen-bond donors (Lipinski definition) is 0. The summed E-state index contributed by atoms with van der Waals surface area (Å²) in [5, 5.41) is 0. The van der Waals surface area contributed by atoms with Gasteiger partial charge in [-0.05, 0) is 12.2 Å². The molecule has 0 heterocycles. The standard InChI is InChI=1S/C8H10O4/c1-12-8(11)5-4-7(10)3-2-6-9/h2-3,6H,4-5H2,1H3/b3-2-. The minimum atomic E-state index is -0.428. The van der Waals surface area contributed by atoms with Crippen molar-refractivity contribution in [2.75, 3.05) is 7.11 Å². The van der Waals surface area contributed by atoms with Crippen LogP contribution in [0.3, 0.4) is 0 Å². The molecule has 0 spiro atoms. The van der Waals surface area contributed by atoms with Crippen LogP contribution >= 0.6 is 0 Å². The predicted molar refractivity (Wildman–Crippen MR) is 41.5 cm³/mol. The lowest BCUT2D eigenvalue weighted by atomic mass is 10.2. The van der Waals surface area contributed by atoms with Crippen molar-refractivity contribution >= 4 is 18.0 Å². The highest BCUT2D eigenvalue weighted by Crippen LogP contribution is 1.93. The summed E-state index contributed by atoms with van der Waals surface area (Å²) < 4.78 is 4.32. The number of carbonyl (C=O) groups excluding carboxylic acids is 3. The van der Waals surface area contributed by atoms with Gasteiger partial charge in [0.25, 0.3) is 0 Å². The van der Waals surface area contributed by atoms with Gasteiger partial charge in [0.05, 0.1) is 13.5 Å². The van der Waals surface area contributed by atoms with Crippen molar-refractivity contribution in [1.82, 2.24) is 0 Å². The molecule has 4 heteroatoms. The number of rotatable bonds is 5. The van der Waals surface area contributed by atoms with Crippen molar-refractivity contribution in [3.63, 3.8) is 0 Å². The van der Waals surface area contributed by atoms with E-state index in [0.29, 0.717) is 6.29 Å². The van der Waals surface area contributed by atoms with Crippen molar-refractivity contribution in [1.29, 1.82) is 0 Å². The van der Waals surface area contributed by atoms with Crippen LogP contribution in [0.5, 0.6) is 0 Å². The fraction of sp³-hybridized carbons (Fsp3) is 0.375. The Balaban J connectivity index is 3.64. The highest BCUT2D eigenvalue weighted by atomic mass is 16.5. The highest BCUT2D eigenvalue weighted by molar-refractivity contribution is 5.94. The van der Waals surface area contributed by atoms with E-state index in [-0.39, 0.29) is 18.6 Å². The molecule has 0 aliphatic rings. The molecule has 4 nitrogen and oxygen atoms in total. The average Bonchev–Trinajstić information content (AvgIpc) is 2.10. The van der Waals surface area contributed by atoms with Crippen LogP contribution < -0.4 is 0 Å². The number of esters is 1. The molecule has 0 rings (SSSR count). The van der Waals surface area contributed by atoms with Gasteiger partial charge >= 0.3 is 5.97 Å². The maximum Gasteiger partial charge on any atom is 0.305 e. The lowest BCUT2D eigenvalue weighted by molar-refractivity contribution is -0.141. The number of aldehydes is 1. The first-order chi connectivity index (χ1) is 5.70. The molecule has 0 bridgehead atoms. The quantitative estimate of drug-likeness (QED) is 0.337. The Kier molecular flexibility index (Phi) is 5.51. The van der Waals surface area contributed by atoms with Crippen LogP contribution in [0.1, 0.15) is 12.8 Å². The summed E-state index contributed by atoms with van der Waals surface area (Å²) in [6, 6.07) is 0. The number of methoxy groups -OCH3 is 1. The second kappa shape index (κ2) is 6.27. The second-order valence-corrected chi connectivity index (χ2v) is 2.04. The van der Waals surface area contributed by atoms with Crippen LogP contribution in [0.25, 0.3) is 0 Å². The molecular weight excluding hydrogens is 160 g/mol. The van der Waals surface area contributed by atoms with E-state index in [4.69, 9.17) is 0 Å². The van der Waals surface area contributed by atoms with Gasteiger partial charge in [-0.2, -0.15) is 0 Å². The molecule has 0 aromatic carbocycles. The maximum atomic E-state index is 10.8. The van der Waals surface area contributed by atoms with E-state index >= 15 is 0 Å². The molecule has 12 heavy (non-hydrogen) atoms. The highest BCUT2D eigenvalue weighted by Gasteiger charge is 2.02. The molecule has 0 saturated carbocycles. The molecule has 0 aliphatic carbocycles. The van der Waals surface area contributed by atoms with Crippen molar-refractivity contribution in [2.45, 2.75) is 12.8 Å². The first-order valence-electron chi connectivity index (χ1n) is 3.42. The smallest absolute Gasteiger partial charge is 0.305 e. The predicted octanol–water partition coefficient (Wildman–Crippen LogP) is 0.264. The van der Waals surface area contributed by atoms with Crippen molar-refractivity contribution in [3.8, 4) is 0 Å². The van der Waals surface area contributed by atoms with E-state index in [1.165, 1.54) is 7.11 Å². The van der Waals surface area contributed by atoms with Crippen molar-refractivity contribution in [3.05, 3.63) is 12.2 Å². The largest absolute Gasteiger partial charge is 0.469 e. The lowest BCUT2D eigenvalue weighted by Gasteiger charge is -1.94. The molecule has 66 valence electrons. The van der Waals surface area contributed by atoms with Crippen LogP contribution in [0.2, 0.25) is 0 Å². The summed E-state index contributed by atoms with van der Waals surface area (Å²) in [5.74, 6) is -0.685. The molecule has 0 fully saturated rings. The SMILES string of the molecule is COC(=O)CCC(=O)/C=C\C=O. The molecule has 0 amide bonds. The Hall–Kier alpha value is -1.45. The third-order valence-corrected chi connectivity index (χ3v) is 1.16. The Bertz CT molecular complexity index is 205. The molecule has 0 aliphatic heterocycles. The number of ketones is 1. The molecule has 0 aromatic rings. The van der Waals surface area contributed by atoms with Gasteiger partial charge in [-0.1, -0.05) is 0 Å². The van der Waals surface area contributed by atoms with Gasteiger partial charge < -0.3 is 4.74 Å². The topological polar surface area (TPSA) is 60.4 Å². The third kappa shape index (κ3) is 5.34. The maximum absolute atomic E-state index is 10.8. The van der Waals surface area contributed by atoms with Crippen molar-refractivity contribution < 1.29 is 19.1 Å². The van der Waals surface area contributed by atoms with Gasteiger partial charge in [-0.15, -0.1) is 0 Å². The molecule has 0 atom stereocenters. The van der Waals surface area contributed by atoms with E-state index in [0.717, 1.165) is 12.2 Å². The fourth-order valence-corrected chi connectivity index (χ4v) is 0.557. The number of allylic oxidation sites excluding steroid dienone is 2. The fourth-order valence-electron chi connectivity index (χ4n) is 0.557. The van der Waals surface area contributed by atoms with Crippen LogP contribution in [0.15, 0.2) is 12.2 Å². The summed E-state index contributed by atoms with van der Waals surface area (Å²) in [4.78, 5) is 31.1. The molecule has 0 unspecified atom stereocenters. The van der Waals surface area contributed by atoms with Gasteiger partial charge in [0.1, 0.15) is 6.29 Å². The molecule has 0 N–H and O–H groups in total. The molecule has 0 saturated heterocycles. The van der Waals surface area contributed by atoms with E-state index in [9.17, 15) is 14.4 Å². The van der Waals surface area contributed by atoms with E-state index in [1.54, 1.807) is 0 Å². The number of carbonyl (C=O) groups is 3. The van der Waals surface area contributed by atoms with Crippen LogP contribution in [0.4, 0.5) is 0 Å². The molecule has 0 radical (unpaired) electrons. The third-order valence-electron chi connectivity index (χ3n) is 1.16. The zero-order valence-corrected chi connectivity index (χ0v) is 6.78. The van der Waals surface area contributed by atoms with E-state index < -0.39 is 5.97 Å². The summed E-state index contributed by atoms with van der Waals surface area (Å²) >= 11 is 0. The lowest BCUT2D eigenvalue weighted by Crippen LogP contribution is -2.03. The Morgan fingerprint density at radius 2 is 2.00 bits per heavy atom. The minimum absolute atomic E-state index is 0.0541. The van der Waals surface area contributed by atoms with Crippen LogP contribution in [-0.2, 0) is 19.1 Å². The molecular formula is C8H10O4. The van der Waals surface area contributed by atoms with Crippen molar-refractivity contribution in [2.24, 2.45) is 0 Å². The van der Waals surface area contributed by atoms with Crippen LogP contribution in [-0.4, -0.2) is 25.1 Å². The zero-order valence-electron chi connectivity index (χ0n) is 6.78. The first-order valence-corrected chi connectivity index (χ1v) is 3.42. The zero-order chi connectivity index (χ0) is 9.40. The minimum Gasteiger partial charge on any atom is -0.469 e. The Labute approximate surface area is 70.2 Å². The van der Waals surface area contributed by atoms with Crippen LogP contribution in [0, 0.1) is 0 Å². The summed E-state index contributed by atoms with van der Waals surface area (Å²) in [6.07, 6.45) is 2.88. The van der Waals surface area contributed by atoms with E-state index in [1.807, 2.05) is 0 Å². The van der Waals surface area contributed by atoms with Gasteiger partial charge in [-0.25, -0.2) is 0 Å². The van der Waals surface area contributed by atoms with Gasteiger partial charge in [-0.3, -0.25) is 14.4 Å². The normalized spacial score (nSPS) is 9.75. The monoisotopic (exact) mass is 170 g/mol. The van der Waals surface area contributed by atoms with Gasteiger partial charge in [0.2, 0.25) is 0 Å². The Morgan fingerprint density at radius 1 is 1.33 bits per heavy atom. The summed E-state index contributed by atoms with van der Waals surface area (Å²) in [5.41, 5.74) is 0. The molecule has 0 aromatic heterocycles. The second-order valence-electron chi connectivity index (χ2n) is 2.04. The summed E-state index contributed by atoms with van der Waals surface area (Å²) in [7, 11) is 1.26.